The van der Waals surface area contributed by atoms with E-state index in [0.29, 0.717) is 24.4 Å². The first-order valence-corrected chi connectivity index (χ1v) is 9.32. The second-order valence-electron chi connectivity index (χ2n) is 7.47. The summed E-state index contributed by atoms with van der Waals surface area (Å²) < 4.78 is 10.8. The van der Waals surface area contributed by atoms with Crippen LogP contribution >= 0.6 is 0 Å². The summed E-state index contributed by atoms with van der Waals surface area (Å²) in [6.45, 7) is 5.92. The molecule has 3 rings (SSSR count). The zero-order valence-corrected chi connectivity index (χ0v) is 15.8. The molecule has 0 spiro atoms. The second kappa shape index (κ2) is 7.54. The van der Waals surface area contributed by atoms with Crippen LogP contribution in [0.1, 0.15) is 44.2 Å². The van der Waals surface area contributed by atoms with E-state index in [-0.39, 0.29) is 6.03 Å². The Balaban J connectivity index is 1.68. The number of carbonyl (C=O) groups is 1. The average Bonchev–Trinajstić information content (AvgIpc) is 2.63. The number of nitrogens with one attached hydrogen (secondary N) is 1. The summed E-state index contributed by atoms with van der Waals surface area (Å²) in [4.78, 5) is 14.7. The van der Waals surface area contributed by atoms with Crippen molar-refractivity contribution in [3.05, 3.63) is 23.3 Å². The van der Waals surface area contributed by atoms with Crippen molar-refractivity contribution in [1.82, 2.24) is 10.2 Å². The first kappa shape index (κ1) is 17.9. The molecule has 1 heterocycles. The quantitative estimate of drug-likeness (QED) is 0.910. The van der Waals surface area contributed by atoms with Gasteiger partial charge in [-0.3, -0.25) is 0 Å². The Morgan fingerprint density at radius 3 is 2.48 bits per heavy atom. The Hall–Kier alpha value is -1.91. The summed E-state index contributed by atoms with van der Waals surface area (Å²) in [5.74, 6) is 2.69. The SMILES string of the molecule is COc1cc2c(cc1OC)CN(C(=O)NC1CCCC(C)C1C)CC2. The van der Waals surface area contributed by atoms with E-state index in [1.54, 1.807) is 14.2 Å². The Labute approximate surface area is 150 Å². The van der Waals surface area contributed by atoms with Crippen LogP contribution in [0, 0.1) is 11.8 Å². The van der Waals surface area contributed by atoms with Gasteiger partial charge in [-0.05, 0) is 47.9 Å². The van der Waals surface area contributed by atoms with E-state index in [1.807, 2.05) is 17.0 Å². The van der Waals surface area contributed by atoms with Gasteiger partial charge >= 0.3 is 6.03 Å². The smallest absolute Gasteiger partial charge is 0.317 e. The topological polar surface area (TPSA) is 50.8 Å². The van der Waals surface area contributed by atoms with Gasteiger partial charge in [0.05, 0.1) is 14.2 Å². The van der Waals surface area contributed by atoms with Gasteiger partial charge < -0.3 is 19.7 Å². The van der Waals surface area contributed by atoms with Crippen molar-refractivity contribution in [2.45, 2.75) is 52.1 Å². The lowest BCUT2D eigenvalue weighted by atomic mass is 9.78. The highest BCUT2D eigenvalue weighted by Crippen LogP contribution is 2.34. The van der Waals surface area contributed by atoms with Crippen molar-refractivity contribution in [2.24, 2.45) is 11.8 Å². The fourth-order valence-corrected chi connectivity index (χ4v) is 4.09. The maximum atomic E-state index is 12.8. The zero-order valence-electron chi connectivity index (χ0n) is 15.8. The molecule has 25 heavy (non-hydrogen) atoms. The normalized spacial score (nSPS) is 25.9. The van der Waals surface area contributed by atoms with E-state index >= 15 is 0 Å². The van der Waals surface area contributed by atoms with E-state index in [0.717, 1.165) is 36.4 Å². The highest BCUT2D eigenvalue weighted by atomic mass is 16.5. The molecule has 2 aliphatic rings. The van der Waals surface area contributed by atoms with Crippen molar-refractivity contribution in [3.8, 4) is 11.5 Å². The Morgan fingerprint density at radius 2 is 1.80 bits per heavy atom. The van der Waals surface area contributed by atoms with Crippen LogP contribution in [-0.2, 0) is 13.0 Å². The number of nitrogens with zero attached hydrogens (tertiary/aromatic N) is 1. The molecule has 3 atom stereocenters. The Morgan fingerprint density at radius 1 is 1.12 bits per heavy atom. The molecule has 0 aromatic heterocycles. The van der Waals surface area contributed by atoms with E-state index in [1.165, 1.54) is 18.4 Å². The summed E-state index contributed by atoms with van der Waals surface area (Å²) in [6, 6.07) is 4.39. The number of hydrogen-bond acceptors (Lipinski definition) is 3. The predicted molar refractivity (Wildman–Crippen MR) is 98.2 cm³/mol. The second-order valence-corrected chi connectivity index (χ2v) is 7.47. The molecule has 1 aromatic carbocycles. The molecular formula is C20H30N2O3. The molecular weight excluding hydrogens is 316 g/mol. The number of ether oxygens (including phenoxy) is 2. The van der Waals surface area contributed by atoms with Gasteiger partial charge in [0.25, 0.3) is 0 Å². The molecule has 1 aliphatic carbocycles. The van der Waals surface area contributed by atoms with Gasteiger partial charge in [-0.2, -0.15) is 0 Å². The maximum absolute atomic E-state index is 12.8. The molecule has 0 saturated heterocycles. The van der Waals surface area contributed by atoms with Crippen molar-refractivity contribution in [1.29, 1.82) is 0 Å². The van der Waals surface area contributed by atoms with Gasteiger partial charge in [0, 0.05) is 19.1 Å². The highest BCUT2D eigenvalue weighted by Gasteiger charge is 2.30. The fourth-order valence-electron chi connectivity index (χ4n) is 4.09. The molecule has 1 N–H and O–H groups in total. The lowest BCUT2D eigenvalue weighted by molar-refractivity contribution is 0.164. The van der Waals surface area contributed by atoms with E-state index in [9.17, 15) is 4.79 Å². The third kappa shape index (κ3) is 3.70. The van der Waals surface area contributed by atoms with E-state index in [4.69, 9.17) is 9.47 Å². The lowest BCUT2D eigenvalue weighted by Gasteiger charge is -2.37. The van der Waals surface area contributed by atoms with Gasteiger partial charge in [-0.1, -0.05) is 26.7 Å². The summed E-state index contributed by atoms with van der Waals surface area (Å²) in [6.07, 6.45) is 4.41. The number of fused-ring (bicyclic) bond motifs is 1. The van der Waals surface area contributed by atoms with Crippen molar-refractivity contribution in [2.75, 3.05) is 20.8 Å². The Bertz CT molecular complexity index is 632. The highest BCUT2D eigenvalue weighted by molar-refractivity contribution is 5.75. The van der Waals surface area contributed by atoms with E-state index in [2.05, 4.69) is 19.2 Å². The Kier molecular flexibility index (Phi) is 5.40. The minimum atomic E-state index is 0.0615. The maximum Gasteiger partial charge on any atom is 0.317 e. The molecule has 5 nitrogen and oxygen atoms in total. The van der Waals surface area contributed by atoms with Crippen molar-refractivity contribution in [3.63, 3.8) is 0 Å². The van der Waals surface area contributed by atoms with Gasteiger partial charge in [-0.15, -0.1) is 0 Å². The van der Waals surface area contributed by atoms with Crippen LogP contribution in [0.25, 0.3) is 0 Å². The number of urea groups is 1. The molecule has 1 aromatic rings. The monoisotopic (exact) mass is 346 g/mol. The van der Waals surface area contributed by atoms with Crippen LogP contribution < -0.4 is 14.8 Å². The number of rotatable bonds is 3. The van der Waals surface area contributed by atoms with Crippen LogP contribution in [0.3, 0.4) is 0 Å². The molecule has 1 saturated carbocycles. The summed E-state index contributed by atoms with van der Waals surface area (Å²) >= 11 is 0. The standard InChI is InChI=1S/C20H30N2O3/c1-13-6-5-7-17(14(13)2)21-20(23)22-9-8-15-10-18(24-3)19(25-4)11-16(15)12-22/h10-11,13-14,17H,5-9,12H2,1-4H3,(H,21,23). The number of amides is 2. The summed E-state index contributed by atoms with van der Waals surface area (Å²) in [5, 5.41) is 3.28. The van der Waals surface area contributed by atoms with Crippen LogP contribution in [0.2, 0.25) is 0 Å². The van der Waals surface area contributed by atoms with E-state index < -0.39 is 0 Å². The minimum Gasteiger partial charge on any atom is -0.493 e. The summed E-state index contributed by atoms with van der Waals surface area (Å²) in [5.41, 5.74) is 2.38. The average molecular weight is 346 g/mol. The lowest BCUT2D eigenvalue weighted by Crippen LogP contribution is -2.50. The van der Waals surface area contributed by atoms with Crippen LogP contribution in [-0.4, -0.2) is 37.7 Å². The number of hydrogen-bond donors (Lipinski definition) is 1. The molecule has 0 radical (unpaired) electrons. The third-order valence-corrected chi connectivity index (χ3v) is 6.02. The predicted octanol–water partition coefficient (Wildman–Crippen LogP) is 3.60. The van der Waals surface area contributed by atoms with Gasteiger partial charge in [0.15, 0.2) is 11.5 Å². The van der Waals surface area contributed by atoms with Crippen LogP contribution in [0.4, 0.5) is 4.79 Å². The molecule has 2 amide bonds. The van der Waals surface area contributed by atoms with Gasteiger partial charge in [0.2, 0.25) is 0 Å². The first-order valence-electron chi connectivity index (χ1n) is 9.32. The number of methoxy groups -OCH3 is 2. The molecule has 138 valence electrons. The fraction of sp³-hybridized carbons (Fsp3) is 0.650. The third-order valence-electron chi connectivity index (χ3n) is 6.02. The molecule has 5 heteroatoms. The zero-order chi connectivity index (χ0) is 18.0. The molecule has 0 bridgehead atoms. The summed E-state index contributed by atoms with van der Waals surface area (Å²) in [7, 11) is 3.29. The number of carbonyl (C=O) groups excluding carboxylic acids is 1. The molecule has 3 unspecified atom stereocenters. The van der Waals surface area contributed by atoms with Gasteiger partial charge in [0.1, 0.15) is 0 Å². The van der Waals surface area contributed by atoms with Gasteiger partial charge in [-0.25, -0.2) is 4.79 Å². The minimum absolute atomic E-state index is 0.0615. The van der Waals surface area contributed by atoms with Crippen LogP contribution in [0.15, 0.2) is 12.1 Å². The van der Waals surface area contributed by atoms with Crippen molar-refractivity contribution < 1.29 is 14.3 Å². The molecule has 1 aliphatic heterocycles. The largest absolute Gasteiger partial charge is 0.493 e. The number of benzene rings is 1. The molecule has 1 fully saturated rings. The van der Waals surface area contributed by atoms with Crippen LogP contribution in [0.5, 0.6) is 11.5 Å². The van der Waals surface area contributed by atoms with Crippen molar-refractivity contribution >= 4 is 6.03 Å². The first-order chi connectivity index (χ1) is 12.0.